The van der Waals surface area contributed by atoms with Crippen LogP contribution in [-0.2, 0) is 16.0 Å². The number of aromatic nitrogens is 1. The van der Waals surface area contributed by atoms with E-state index in [1.807, 2.05) is 72.8 Å². The number of amides is 1. The van der Waals surface area contributed by atoms with Gasteiger partial charge in [0.05, 0.1) is 5.56 Å². The van der Waals surface area contributed by atoms with Gasteiger partial charge in [-0.05, 0) is 54.6 Å². The van der Waals surface area contributed by atoms with Crippen LogP contribution in [0.5, 0.6) is 0 Å². The Hall–Kier alpha value is -4.45. The molecule has 0 bridgehead atoms. The number of hydrogen-bond donors (Lipinski definition) is 0. The third kappa shape index (κ3) is 3.64. The van der Waals surface area contributed by atoms with E-state index in [9.17, 15) is 9.59 Å². The number of ether oxygens (including phenoxy) is 1. The van der Waals surface area contributed by atoms with Gasteiger partial charge in [0.2, 0.25) is 5.89 Å². The van der Waals surface area contributed by atoms with Gasteiger partial charge in [-0.3, -0.25) is 4.79 Å². The molecule has 6 nitrogen and oxygen atoms in total. The Kier molecular flexibility index (Phi) is 5.07. The number of rotatable bonds is 4. The van der Waals surface area contributed by atoms with E-state index >= 15 is 0 Å². The fourth-order valence-electron chi connectivity index (χ4n) is 4.74. The van der Waals surface area contributed by atoms with E-state index < -0.39 is 12.1 Å². The molecule has 0 spiro atoms. The second-order valence-electron chi connectivity index (χ2n) is 8.61. The first kappa shape index (κ1) is 21.1. The molecule has 1 aliphatic heterocycles. The Balaban J connectivity index is 1.33. The standard InChI is InChI=1S/C29H22N2O4/c1-18(28(32)31-17-16-19-8-2-4-14-24(19)31)34-29(33)22-12-7-10-20-9-6-11-21(26(20)22)27-30-23-13-3-5-15-25(23)35-27/h2-15,18H,16-17H2,1H3. The smallest absolute Gasteiger partial charge is 0.339 e. The van der Waals surface area contributed by atoms with Crippen LogP contribution in [0.15, 0.2) is 89.3 Å². The van der Waals surface area contributed by atoms with Crippen molar-refractivity contribution in [3.8, 4) is 11.5 Å². The van der Waals surface area contributed by atoms with Gasteiger partial charge in [0, 0.05) is 23.2 Å². The fourth-order valence-corrected chi connectivity index (χ4v) is 4.74. The van der Waals surface area contributed by atoms with Crippen molar-refractivity contribution in [2.24, 2.45) is 0 Å². The van der Waals surface area contributed by atoms with Gasteiger partial charge in [-0.2, -0.15) is 0 Å². The average Bonchev–Trinajstić information content (AvgIpc) is 3.52. The van der Waals surface area contributed by atoms with E-state index in [4.69, 9.17) is 9.15 Å². The fraction of sp³-hybridized carbons (Fsp3) is 0.138. The van der Waals surface area contributed by atoms with Crippen molar-refractivity contribution >= 4 is 39.4 Å². The third-order valence-electron chi connectivity index (χ3n) is 6.43. The Labute approximate surface area is 201 Å². The number of oxazole rings is 1. The molecule has 0 saturated carbocycles. The molecule has 4 aromatic carbocycles. The highest BCUT2D eigenvalue weighted by Gasteiger charge is 2.30. The summed E-state index contributed by atoms with van der Waals surface area (Å²) in [5.74, 6) is -0.370. The Morgan fingerprint density at radius 2 is 1.71 bits per heavy atom. The predicted molar refractivity (Wildman–Crippen MR) is 134 cm³/mol. The van der Waals surface area contributed by atoms with Gasteiger partial charge in [0.1, 0.15) is 5.52 Å². The largest absolute Gasteiger partial charge is 0.449 e. The Morgan fingerprint density at radius 1 is 0.943 bits per heavy atom. The molecule has 0 fully saturated rings. The van der Waals surface area contributed by atoms with Crippen molar-refractivity contribution in [2.75, 3.05) is 11.4 Å². The van der Waals surface area contributed by atoms with Crippen LogP contribution >= 0.6 is 0 Å². The number of nitrogens with zero attached hydrogens (tertiary/aromatic N) is 2. The van der Waals surface area contributed by atoms with Gasteiger partial charge in [-0.25, -0.2) is 9.78 Å². The SMILES string of the molecule is CC(OC(=O)c1cccc2cccc(-c3nc4ccccc4o3)c12)C(=O)N1CCc2ccccc21. The summed E-state index contributed by atoms with van der Waals surface area (Å²) in [6.45, 7) is 2.20. The summed E-state index contributed by atoms with van der Waals surface area (Å²) in [6.07, 6.45) is -0.139. The Bertz CT molecular complexity index is 1560. The highest BCUT2D eigenvalue weighted by Crippen LogP contribution is 2.33. The van der Waals surface area contributed by atoms with Crippen LogP contribution in [0.2, 0.25) is 0 Å². The molecule has 6 rings (SSSR count). The third-order valence-corrected chi connectivity index (χ3v) is 6.43. The molecule has 0 radical (unpaired) electrons. The summed E-state index contributed by atoms with van der Waals surface area (Å²) in [7, 11) is 0. The number of carbonyl (C=O) groups excluding carboxylic acids is 2. The maximum atomic E-state index is 13.3. The van der Waals surface area contributed by atoms with Gasteiger partial charge < -0.3 is 14.1 Å². The van der Waals surface area contributed by atoms with Crippen LogP contribution in [0.4, 0.5) is 5.69 Å². The monoisotopic (exact) mass is 462 g/mol. The van der Waals surface area contributed by atoms with E-state index in [1.54, 1.807) is 24.0 Å². The minimum atomic E-state index is -0.930. The first-order valence-corrected chi connectivity index (χ1v) is 11.6. The molecule has 1 atom stereocenters. The molecule has 1 amide bonds. The van der Waals surface area contributed by atoms with Crippen molar-refractivity contribution in [2.45, 2.75) is 19.4 Å². The zero-order valence-corrected chi connectivity index (χ0v) is 19.1. The molecular formula is C29H22N2O4. The second-order valence-corrected chi connectivity index (χ2v) is 8.61. The van der Waals surface area contributed by atoms with Gasteiger partial charge >= 0.3 is 5.97 Å². The number of fused-ring (bicyclic) bond motifs is 3. The van der Waals surface area contributed by atoms with E-state index in [0.29, 0.717) is 34.5 Å². The molecule has 5 aromatic rings. The number of esters is 1. The van der Waals surface area contributed by atoms with Crippen molar-refractivity contribution in [1.82, 2.24) is 4.98 Å². The number of carbonyl (C=O) groups is 2. The summed E-state index contributed by atoms with van der Waals surface area (Å²) in [6, 6.07) is 26.5. The predicted octanol–water partition coefficient (Wildman–Crippen LogP) is 5.78. The molecule has 0 N–H and O–H groups in total. The first-order valence-electron chi connectivity index (χ1n) is 11.6. The maximum Gasteiger partial charge on any atom is 0.339 e. The van der Waals surface area contributed by atoms with E-state index in [0.717, 1.165) is 28.6 Å². The normalized spacial score (nSPS) is 13.7. The molecule has 0 saturated heterocycles. The van der Waals surface area contributed by atoms with Gasteiger partial charge in [0.15, 0.2) is 11.7 Å². The molecule has 2 heterocycles. The Morgan fingerprint density at radius 3 is 2.57 bits per heavy atom. The first-order chi connectivity index (χ1) is 17.1. The molecular weight excluding hydrogens is 440 g/mol. The lowest BCUT2D eigenvalue weighted by molar-refractivity contribution is -0.126. The highest BCUT2D eigenvalue weighted by atomic mass is 16.5. The topological polar surface area (TPSA) is 72.6 Å². The minimum Gasteiger partial charge on any atom is -0.449 e. The quantitative estimate of drug-likeness (QED) is 0.317. The molecule has 6 heteroatoms. The summed E-state index contributed by atoms with van der Waals surface area (Å²) >= 11 is 0. The highest BCUT2D eigenvalue weighted by molar-refractivity contribution is 6.11. The van der Waals surface area contributed by atoms with Gasteiger partial charge in [-0.15, -0.1) is 0 Å². The van der Waals surface area contributed by atoms with Crippen LogP contribution in [0.3, 0.4) is 0 Å². The molecule has 0 aliphatic carbocycles. The molecule has 1 aliphatic rings. The molecule has 1 aromatic heterocycles. The number of anilines is 1. The van der Waals surface area contributed by atoms with Crippen molar-refractivity contribution in [3.05, 3.63) is 96.1 Å². The number of benzene rings is 4. The van der Waals surface area contributed by atoms with Gasteiger partial charge in [0.25, 0.3) is 5.91 Å². The zero-order chi connectivity index (χ0) is 23.9. The van der Waals surface area contributed by atoms with Crippen LogP contribution < -0.4 is 4.90 Å². The number of para-hydroxylation sites is 3. The second kappa shape index (κ2) is 8.40. The minimum absolute atomic E-state index is 0.234. The lowest BCUT2D eigenvalue weighted by Gasteiger charge is -2.22. The molecule has 1 unspecified atom stereocenters. The zero-order valence-electron chi connectivity index (χ0n) is 19.1. The average molecular weight is 463 g/mol. The maximum absolute atomic E-state index is 13.3. The lowest BCUT2D eigenvalue weighted by atomic mass is 9.99. The van der Waals surface area contributed by atoms with Crippen LogP contribution in [-0.4, -0.2) is 29.5 Å². The van der Waals surface area contributed by atoms with Crippen molar-refractivity contribution in [3.63, 3.8) is 0 Å². The number of hydrogen-bond acceptors (Lipinski definition) is 5. The van der Waals surface area contributed by atoms with Crippen molar-refractivity contribution < 1.29 is 18.7 Å². The van der Waals surface area contributed by atoms with Gasteiger partial charge in [-0.1, -0.05) is 54.6 Å². The summed E-state index contributed by atoms with van der Waals surface area (Å²) in [5, 5.41) is 1.53. The van der Waals surface area contributed by atoms with E-state index in [2.05, 4.69) is 4.98 Å². The van der Waals surface area contributed by atoms with E-state index in [-0.39, 0.29) is 5.91 Å². The molecule has 35 heavy (non-hydrogen) atoms. The lowest BCUT2D eigenvalue weighted by Crippen LogP contribution is -2.39. The summed E-state index contributed by atoms with van der Waals surface area (Å²) in [4.78, 5) is 32.8. The van der Waals surface area contributed by atoms with E-state index in [1.165, 1.54) is 0 Å². The summed E-state index contributed by atoms with van der Waals surface area (Å²) < 4.78 is 11.7. The van der Waals surface area contributed by atoms with Crippen molar-refractivity contribution in [1.29, 1.82) is 0 Å². The van der Waals surface area contributed by atoms with Crippen LogP contribution in [0.25, 0.3) is 33.3 Å². The summed E-state index contributed by atoms with van der Waals surface area (Å²) in [5.41, 5.74) is 4.47. The van der Waals surface area contributed by atoms with Crippen LogP contribution in [0.1, 0.15) is 22.8 Å². The van der Waals surface area contributed by atoms with Crippen LogP contribution in [0, 0.1) is 0 Å². The molecule has 172 valence electrons.